The minimum atomic E-state index is -0.284. The zero-order valence-corrected chi connectivity index (χ0v) is 10.2. The van der Waals surface area contributed by atoms with Crippen LogP contribution >= 0.6 is 15.9 Å². The maximum absolute atomic E-state index is 9.38. The van der Waals surface area contributed by atoms with Gasteiger partial charge in [0.05, 0.1) is 16.6 Å². The van der Waals surface area contributed by atoms with Crippen molar-refractivity contribution < 1.29 is 5.11 Å². The molecule has 0 spiro atoms. The second-order valence-corrected chi connectivity index (χ2v) is 5.12. The summed E-state index contributed by atoms with van der Waals surface area (Å²) in [5.41, 5.74) is -0.284. The van der Waals surface area contributed by atoms with Crippen molar-refractivity contribution in [2.24, 2.45) is 5.92 Å². The molecule has 0 aliphatic heterocycles. The van der Waals surface area contributed by atoms with Crippen LogP contribution in [0.2, 0.25) is 0 Å². The molecular formula is C10H14BrN3O. The Morgan fingerprint density at radius 3 is 2.60 bits per heavy atom. The molecule has 5 heteroatoms. The number of aliphatic hydroxyl groups excluding tert-OH is 1. The Hall–Kier alpha value is -0.680. The molecule has 1 heterocycles. The Balaban J connectivity index is 2.09. The number of aromatic nitrogens is 2. The highest BCUT2D eigenvalue weighted by Gasteiger charge is 2.41. The molecule has 0 bridgehead atoms. The third-order valence-corrected chi connectivity index (χ3v) is 3.23. The van der Waals surface area contributed by atoms with Crippen LogP contribution in [-0.4, -0.2) is 27.2 Å². The molecule has 0 radical (unpaired) electrons. The topological polar surface area (TPSA) is 58.0 Å². The van der Waals surface area contributed by atoms with E-state index in [1.807, 2.05) is 6.92 Å². The largest absolute Gasteiger partial charge is 0.394 e. The second kappa shape index (κ2) is 4.06. The van der Waals surface area contributed by atoms with Crippen LogP contribution in [0.25, 0.3) is 0 Å². The molecule has 1 fully saturated rings. The summed E-state index contributed by atoms with van der Waals surface area (Å²) in [7, 11) is 0. The Bertz CT molecular complexity index is 339. The van der Waals surface area contributed by atoms with Crippen LogP contribution in [0.3, 0.4) is 0 Å². The quantitative estimate of drug-likeness (QED) is 0.877. The van der Waals surface area contributed by atoms with Crippen LogP contribution in [0.5, 0.6) is 0 Å². The normalized spacial score (nSPS) is 19.7. The Kier molecular flexibility index (Phi) is 2.93. The number of nitrogens with one attached hydrogen (secondary N) is 1. The van der Waals surface area contributed by atoms with Crippen LogP contribution in [0.15, 0.2) is 16.9 Å². The van der Waals surface area contributed by atoms with Crippen molar-refractivity contribution in [3.05, 3.63) is 16.9 Å². The summed E-state index contributed by atoms with van der Waals surface area (Å²) in [6.07, 6.45) is 5.72. The van der Waals surface area contributed by atoms with Crippen molar-refractivity contribution in [2.45, 2.75) is 25.3 Å². The summed E-state index contributed by atoms with van der Waals surface area (Å²) in [4.78, 5) is 8.28. The van der Waals surface area contributed by atoms with E-state index in [1.165, 1.54) is 12.8 Å². The van der Waals surface area contributed by atoms with Crippen molar-refractivity contribution in [3.63, 3.8) is 0 Å². The molecule has 15 heavy (non-hydrogen) atoms. The van der Waals surface area contributed by atoms with E-state index >= 15 is 0 Å². The molecule has 0 saturated heterocycles. The van der Waals surface area contributed by atoms with Crippen molar-refractivity contribution in [2.75, 3.05) is 11.9 Å². The molecule has 1 aliphatic rings. The van der Waals surface area contributed by atoms with Gasteiger partial charge in [0.1, 0.15) is 0 Å². The third-order valence-electron chi connectivity index (χ3n) is 2.82. The molecule has 0 amide bonds. The van der Waals surface area contributed by atoms with Crippen molar-refractivity contribution in [1.29, 1.82) is 0 Å². The molecule has 1 aromatic heterocycles. The highest BCUT2D eigenvalue weighted by molar-refractivity contribution is 9.10. The number of rotatable bonds is 4. The van der Waals surface area contributed by atoms with E-state index in [1.54, 1.807) is 12.4 Å². The second-order valence-electron chi connectivity index (χ2n) is 4.20. The summed E-state index contributed by atoms with van der Waals surface area (Å²) in [5.74, 6) is 1.11. The minimum absolute atomic E-state index is 0.108. The molecule has 0 unspecified atom stereocenters. The molecular weight excluding hydrogens is 258 g/mol. The van der Waals surface area contributed by atoms with Gasteiger partial charge >= 0.3 is 0 Å². The lowest BCUT2D eigenvalue weighted by Gasteiger charge is -2.28. The number of halogens is 1. The van der Waals surface area contributed by atoms with Crippen molar-refractivity contribution in [3.8, 4) is 0 Å². The summed E-state index contributed by atoms with van der Waals surface area (Å²) in [6.45, 7) is 2.12. The first kappa shape index (κ1) is 10.8. The number of hydrogen-bond acceptors (Lipinski definition) is 4. The molecule has 1 atom stereocenters. The molecule has 82 valence electrons. The first-order valence-electron chi connectivity index (χ1n) is 5.00. The molecule has 0 aromatic carbocycles. The molecule has 2 N–H and O–H groups in total. The van der Waals surface area contributed by atoms with Crippen LogP contribution < -0.4 is 5.32 Å². The Labute approximate surface area is 97.3 Å². The van der Waals surface area contributed by atoms with Crippen LogP contribution in [0.1, 0.15) is 19.8 Å². The van der Waals surface area contributed by atoms with Crippen LogP contribution in [-0.2, 0) is 0 Å². The lowest BCUT2D eigenvalue weighted by molar-refractivity contribution is 0.205. The zero-order chi connectivity index (χ0) is 10.9. The lowest BCUT2D eigenvalue weighted by Crippen LogP contribution is -2.41. The molecule has 1 aromatic rings. The van der Waals surface area contributed by atoms with Gasteiger partial charge in [0.15, 0.2) is 0 Å². The summed E-state index contributed by atoms with van der Waals surface area (Å²) >= 11 is 3.28. The standard InChI is InChI=1S/C10H14BrN3O/c1-10(6-15,7-2-3-7)14-9-12-4-8(11)5-13-9/h4-5,7,15H,2-3,6H2,1H3,(H,12,13,14)/t10-/m0/s1. The van der Waals surface area contributed by atoms with E-state index in [0.717, 1.165) is 4.47 Å². The zero-order valence-electron chi connectivity index (χ0n) is 8.57. The molecule has 1 saturated carbocycles. The van der Waals surface area contributed by atoms with Gasteiger partial charge in [0.2, 0.25) is 5.95 Å². The molecule has 1 aliphatic carbocycles. The maximum Gasteiger partial charge on any atom is 0.223 e. The van der Waals surface area contributed by atoms with E-state index in [0.29, 0.717) is 11.9 Å². The maximum atomic E-state index is 9.38. The monoisotopic (exact) mass is 271 g/mol. The van der Waals surface area contributed by atoms with Crippen molar-refractivity contribution >= 4 is 21.9 Å². The first-order valence-corrected chi connectivity index (χ1v) is 5.80. The van der Waals surface area contributed by atoms with Gasteiger partial charge in [-0.05, 0) is 41.6 Å². The third kappa shape index (κ3) is 2.46. The summed E-state index contributed by atoms with van der Waals surface area (Å²) in [6, 6.07) is 0. The van der Waals surface area contributed by atoms with Gasteiger partial charge in [0.25, 0.3) is 0 Å². The highest BCUT2D eigenvalue weighted by Crippen LogP contribution is 2.40. The van der Waals surface area contributed by atoms with E-state index in [2.05, 4.69) is 31.2 Å². The van der Waals surface area contributed by atoms with Gasteiger partial charge in [-0.3, -0.25) is 0 Å². The van der Waals surface area contributed by atoms with E-state index < -0.39 is 0 Å². The van der Waals surface area contributed by atoms with Crippen LogP contribution in [0.4, 0.5) is 5.95 Å². The first-order chi connectivity index (χ1) is 7.14. The molecule has 4 nitrogen and oxygen atoms in total. The van der Waals surface area contributed by atoms with E-state index in [4.69, 9.17) is 0 Å². The van der Waals surface area contributed by atoms with E-state index in [9.17, 15) is 5.11 Å². The number of hydrogen-bond donors (Lipinski definition) is 2. The van der Waals surface area contributed by atoms with Gasteiger partial charge in [0, 0.05) is 12.4 Å². The van der Waals surface area contributed by atoms with Gasteiger partial charge in [-0.25, -0.2) is 9.97 Å². The average molecular weight is 272 g/mol. The smallest absolute Gasteiger partial charge is 0.223 e. The number of anilines is 1. The van der Waals surface area contributed by atoms with Gasteiger partial charge in [-0.1, -0.05) is 0 Å². The van der Waals surface area contributed by atoms with Gasteiger partial charge in [-0.2, -0.15) is 0 Å². The van der Waals surface area contributed by atoms with Gasteiger partial charge < -0.3 is 10.4 Å². The summed E-state index contributed by atoms with van der Waals surface area (Å²) in [5, 5.41) is 12.6. The predicted molar refractivity (Wildman–Crippen MR) is 61.6 cm³/mol. The fraction of sp³-hybridized carbons (Fsp3) is 0.600. The van der Waals surface area contributed by atoms with Gasteiger partial charge in [-0.15, -0.1) is 0 Å². The van der Waals surface area contributed by atoms with Crippen LogP contribution in [0, 0.1) is 5.92 Å². The minimum Gasteiger partial charge on any atom is -0.394 e. The Morgan fingerprint density at radius 1 is 1.53 bits per heavy atom. The fourth-order valence-corrected chi connectivity index (χ4v) is 1.83. The van der Waals surface area contributed by atoms with E-state index in [-0.39, 0.29) is 12.1 Å². The predicted octanol–water partition coefficient (Wildman–Crippen LogP) is 1.81. The number of aliphatic hydroxyl groups is 1. The number of nitrogens with zero attached hydrogens (tertiary/aromatic N) is 2. The fourth-order valence-electron chi connectivity index (χ4n) is 1.62. The SMILES string of the molecule is C[C@@](CO)(Nc1ncc(Br)cn1)C1CC1. The average Bonchev–Trinajstić information content (AvgIpc) is 3.05. The van der Waals surface area contributed by atoms with Crippen molar-refractivity contribution in [1.82, 2.24) is 9.97 Å². The lowest BCUT2D eigenvalue weighted by atomic mass is 9.97. The summed E-state index contributed by atoms with van der Waals surface area (Å²) < 4.78 is 0.852. The highest BCUT2D eigenvalue weighted by atomic mass is 79.9. The Morgan fingerprint density at radius 2 is 2.13 bits per heavy atom. The molecule has 2 rings (SSSR count).